The van der Waals surface area contributed by atoms with Crippen molar-refractivity contribution in [2.45, 2.75) is 116 Å². The van der Waals surface area contributed by atoms with Crippen molar-refractivity contribution in [2.24, 2.45) is 5.73 Å². The van der Waals surface area contributed by atoms with Crippen molar-refractivity contribution in [3.63, 3.8) is 0 Å². The van der Waals surface area contributed by atoms with Gasteiger partial charge in [-0.1, -0.05) is 103 Å². The molecule has 0 saturated heterocycles. The third-order valence-electron chi connectivity index (χ3n) is 6.57. The molecule has 0 aliphatic carbocycles. The number of amides is 2. The van der Waals surface area contributed by atoms with Gasteiger partial charge in [-0.3, -0.25) is 9.59 Å². The highest BCUT2D eigenvalue weighted by molar-refractivity contribution is 6.34. The monoisotopic (exact) mass is 506 g/mol. The number of nitrogens with zero attached hydrogens (tertiary/aromatic N) is 1. The van der Waals surface area contributed by atoms with Crippen LogP contribution in [0.1, 0.15) is 116 Å². The molecular weight excluding hydrogens is 456 g/mol. The first-order valence-corrected chi connectivity index (χ1v) is 14.2. The molecule has 0 heterocycles. The Morgan fingerprint density at radius 2 is 1.19 bits per heavy atom. The van der Waals surface area contributed by atoms with Gasteiger partial charge >= 0.3 is 11.8 Å². The molecule has 1 aromatic rings. The summed E-state index contributed by atoms with van der Waals surface area (Å²) in [4.78, 5) is 25.0. The van der Waals surface area contributed by atoms with Crippen LogP contribution in [0.5, 0.6) is 17.2 Å². The number of carbonyl (C=O) groups excluding carboxylic acids is 2. The van der Waals surface area contributed by atoms with Crippen molar-refractivity contribution in [2.75, 3.05) is 19.7 Å². The number of hydrogen-bond acceptors (Lipinski definition) is 5. The summed E-state index contributed by atoms with van der Waals surface area (Å²) in [6.45, 7) is 3.47. The number of carbonyl (C=O) groups is 2. The number of hydrogen-bond donors (Lipinski definition) is 3. The molecule has 0 unspecified atom stereocenters. The first-order valence-electron chi connectivity index (χ1n) is 14.2. The van der Waals surface area contributed by atoms with Crippen molar-refractivity contribution < 1.29 is 24.5 Å². The molecule has 4 N–H and O–H groups in total. The topological polar surface area (TPSA) is 113 Å². The zero-order valence-corrected chi connectivity index (χ0v) is 22.5. The molecule has 0 fully saturated rings. The Balaban J connectivity index is 2.06. The van der Waals surface area contributed by atoms with Crippen molar-refractivity contribution in [3.05, 3.63) is 18.2 Å². The fourth-order valence-electron chi connectivity index (χ4n) is 4.36. The van der Waals surface area contributed by atoms with Crippen LogP contribution in [0.4, 0.5) is 0 Å². The molecule has 7 heteroatoms. The molecule has 206 valence electrons. The number of nitrogens with two attached hydrogens (primary N) is 1. The van der Waals surface area contributed by atoms with Gasteiger partial charge in [-0.15, -0.1) is 0 Å². The van der Waals surface area contributed by atoms with Gasteiger partial charge < -0.3 is 25.6 Å². The normalized spacial score (nSPS) is 10.9. The van der Waals surface area contributed by atoms with E-state index in [-0.39, 0.29) is 11.5 Å². The van der Waals surface area contributed by atoms with Crippen LogP contribution in [0.2, 0.25) is 0 Å². The summed E-state index contributed by atoms with van der Waals surface area (Å²) in [5, 5.41) is 18.9. The van der Waals surface area contributed by atoms with Gasteiger partial charge in [-0.25, -0.2) is 0 Å². The molecule has 0 radical (unpaired) electrons. The Kier molecular flexibility index (Phi) is 18.2. The minimum atomic E-state index is -0.934. The van der Waals surface area contributed by atoms with Gasteiger partial charge in [0.05, 0.1) is 6.61 Å². The van der Waals surface area contributed by atoms with Crippen LogP contribution >= 0.6 is 0 Å². The predicted octanol–water partition coefficient (Wildman–Crippen LogP) is 6.44. The molecule has 0 aromatic heterocycles. The van der Waals surface area contributed by atoms with Gasteiger partial charge in [0.1, 0.15) is 5.75 Å². The third-order valence-corrected chi connectivity index (χ3v) is 6.57. The molecule has 0 atom stereocenters. The number of rotatable bonds is 22. The second-order valence-corrected chi connectivity index (χ2v) is 9.81. The molecule has 0 aliphatic heterocycles. The Hall–Kier alpha value is -2.44. The molecule has 0 aliphatic rings. The number of primary amides is 1. The molecular formula is C29H50N2O5. The van der Waals surface area contributed by atoms with Crippen molar-refractivity contribution in [1.82, 2.24) is 4.90 Å². The largest absolute Gasteiger partial charge is 0.504 e. The van der Waals surface area contributed by atoms with Gasteiger partial charge in [0.25, 0.3) is 0 Å². The summed E-state index contributed by atoms with van der Waals surface area (Å²) in [5.41, 5.74) is 5.21. The average molecular weight is 507 g/mol. The number of aromatic hydroxyl groups is 2. The van der Waals surface area contributed by atoms with Crippen molar-refractivity contribution >= 4 is 11.8 Å². The van der Waals surface area contributed by atoms with Crippen LogP contribution in [0.3, 0.4) is 0 Å². The highest BCUT2D eigenvalue weighted by Crippen LogP contribution is 2.28. The zero-order valence-electron chi connectivity index (χ0n) is 22.5. The van der Waals surface area contributed by atoms with Gasteiger partial charge in [0.15, 0.2) is 11.5 Å². The second-order valence-electron chi connectivity index (χ2n) is 9.81. The molecule has 1 aromatic carbocycles. The minimum Gasteiger partial charge on any atom is -0.504 e. The lowest BCUT2D eigenvalue weighted by molar-refractivity contribution is -0.144. The maximum atomic E-state index is 12.1. The Labute approximate surface area is 218 Å². The lowest BCUT2D eigenvalue weighted by Gasteiger charge is -2.21. The van der Waals surface area contributed by atoms with E-state index in [9.17, 15) is 19.8 Å². The summed E-state index contributed by atoms with van der Waals surface area (Å²) >= 11 is 0. The minimum absolute atomic E-state index is 0.209. The molecule has 1 rings (SSSR count). The van der Waals surface area contributed by atoms with Gasteiger partial charge in [-0.05, 0) is 25.0 Å². The summed E-state index contributed by atoms with van der Waals surface area (Å²) < 4.78 is 5.54. The lowest BCUT2D eigenvalue weighted by atomic mass is 10.0. The van der Waals surface area contributed by atoms with E-state index in [2.05, 4.69) is 6.92 Å². The van der Waals surface area contributed by atoms with Crippen LogP contribution in [-0.2, 0) is 9.59 Å². The van der Waals surface area contributed by atoms with Crippen LogP contribution in [0, 0.1) is 0 Å². The first kappa shape index (κ1) is 31.6. The molecule has 36 heavy (non-hydrogen) atoms. The molecule has 0 spiro atoms. The van der Waals surface area contributed by atoms with E-state index in [0.717, 1.165) is 19.3 Å². The van der Waals surface area contributed by atoms with Crippen LogP contribution in [0.15, 0.2) is 18.2 Å². The van der Waals surface area contributed by atoms with E-state index in [1.54, 1.807) is 6.07 Å². The highest BCUT2D eigenvalue weighted by atomic mass is 16.5. The maximum absolute atomic E-state index is 12.1. The Morgan fingerprint density at radius 1 is 0.722 bits per heavy atom. The Morgan fingerprint density at radius 3 is 1.67 bits per heavy atom. The van der Waals surface area contributed by atoms with Gasteiger partial charge in [-0.2, -0.15) is 0 Å². The van der Waals surface area contributed by atoms with E-state index in [4.69, 9.17) is 10.5 Å². The average Bonchev–Trinajstić information content (AvgIpc) is 2.86. The highest BCUT2D eigenvalue weighted by Gasteiger charge is 2.18. The molecule has 7 nitrogen and oxygen atoms in total. The van der Waals surface area contributed by atoms with E-state index in [1.807, 2.05) is 0 Å². The summed E-state index contributed by atoms with van der Waals surface area (Å²) in [5.74, 6) is -1.62. The molecule has 2 amide bonds. The summed E-state index contributed by atoms with van der Waals surface area (Å²) in [6.07, 6.45) is 21.1. The Bertz CT molecular complexity index is 726. The number of unbranched alkanes of at least 4 members (excludes halogenated alkanes) is 15. The van der Waals surface area contributed by atoms with E-state index < -0.39 is 11.8 Å². The number of phenols is 2. The quantitative estimate of drug-likeness (QED) is 0.0951. The zero-order chi connectivity index (χ0) is 26.4. The van der Waals surface area contributed by atoms with E-state index >= 15 is 0 Å². The number of phenolic OH excluding ortho intramolecular Hbond substituents is 2. The van der Waals surface area contributed by atoms with Crippen molar-refractivity contribution in [3.8, 4) is 17.2 Å². The molecule has 0 saturated carbocycles. The van der Waals surface area contributed by atoms with Gasteiger partial charge in [0.2, 0.25) is 0 Å². The maximum Gasteiger partial charge on any atom is 0.311 e. The predicted molar refractivity (Wildman–Crippen MR) is 145 cm³/mol. The third kappa shape index (κ3) is 15.5. The lowest BCUT2D eigenvalue weighted by Crippen LogP contribution is -2.41. The number of benzene rings is 1. The second kappa shape index (κ2) is 20.7. The molecule has 0 bridgehead atoms. The summed E-state index contributed by atoms with van der Waals surface area (Å²) in [7, 11) is 0. The fourth-order valence-corrected chi connectivity index (χ4v) is 4.36. The SMILES string of the molecule is CCCCCCCCCCCCCCCCCCN(CCCOc1ccc(O)c(O)c1)C(=O)C(N)=O. The number of ether oxygens (including phenoxy) is 1. The van der Waals surface area contributed by atoms with Crippen LogP contribution < -0.4 is 10.5 Å². The van der Waals surface area contributed by atoms with E-state index in [1.165, 1.54) is 101 Å². The van der Waals surface area contributed by atoms with Crippen LogP contribution in [0.25, 0.3) is 0 Å². The first-order chi connectivity index (χ1) is 17.5. The van der Waals surface area contributed by atoms with Gasteiger partial charge in [0, 0.05) is 19.2 Å². The van der Waals surface area contributed by atoms with Crippen LogP contribution in [-0.4, -0.2) is 46.6 Å². The standard InChI is InChI=1S/C29H50N2O5/c1-2-3-4-5-6-7-8-9-10-11-12-13-14-15-16-17-21-31(29(35)28(30)34)22-18-23-36-25-19-20-26(32)27(33)24-25/h19-20,24,32-33H,2-18,21-23H2,1H3,(H2,30,34). The smallest absolute Gasteiger partial charge is 0.311 e. The summed E-state index contributed by atoms with van der Waals surface area (Å²) in [6, 6.07) is 4.24. The van der Waals surface area contributed by atoms with Crippen molar-refractivity contribution in [1.29, 1.82) is 0 Å². The van der Waals surface area contributed by atoms with E-state index in [0.29, 0.717) is 31.9 Å². The fraction of sp³-hybridized carbons (Fsp3) is 0.724.